The molecule has 18 heavy (non-hydrogen) atoms. The van der Waals surface area contributed by atoms with Crippen LogP contribution >= 0.6 is 0 Å². The highest BCUT2D eigenvalue weighted by molar-refractivity contribution is 7.89. The number of amides is 1. The van der Waals surface area contributed by atoms with Crippen molar-refractivity contribution in [2.24, 2.45) is 17.0 Å². The van der Waals surface area contributed by atoms with E-state index in [-0.39, 0.29) is 30.5 Å². The van der Waals surface area contributed by atoms with Gasteiger partial charge in [0.1, 0.15) is 6.04 Å². The minimum absolute atomic E-state index is 0.0136. The van der Waals surface area contributed by atoms with Gasteiger partial charge in [-0.2, -0.15) is 0 Å². The molecule has 0 aromatic heterocycles. The van der Waals surface area contributed by atoms with Gasteiger partial charge in [0.15, 0.2) is 0 Å². The summed E-state index contributed by atoms with van der Waals surface area (Å²) < 4.78 is 22.0. The molecule has 1 amide bonds. The van der Waals surface area contributed by atoms with Gasteiger partial charge in [0.2, 0.25) is 15.9 Å². The number of rotatable bonds is 5. The highest BCUT2D eigenvalue weighted by atomic mass is 32.2. The number of hydrogen-bond donors (Lipinski definition) is 2. The van der Waals surface area contributed by atoms with Crippen molar-refractivity contribution in [3.63, 3.8) is 0 Å². The van der Waals surface area contributed by atoms with Gasteiger partial charge in [0.05, 0.1) is 5.75 Å². The summed E-state index contributed by atoms with van der Waals surface area (Å²) >= 11 is 0. The molecule has 1 heterocycles. The highest BCUT2D eigenvalue weighted by Crippen LogP contribution is 2.37. The predicted octanol–water partition coefficient (Wildman–Crippen LogP) is -1.01. The minimum Gasteiger partial charge on any atom is -0.480 e. The van der Waals surface area contributed by atoms with Gasteiger partial charge in [-0.05, 0) is 18.8 Å². The van der Waals surface area contributed by atoms with Crippen molar-refractivity contribution in [3.8, 4) is 0 Å². The fourth-order valence-electron chi connectivity index (χ4n) is 2.52. The van der Waals surface area contributed by atoms with Crippen LogP contribution in [0.1, 0.15) is 19.3 Å². The smallest absolute Gasteiger partial charge is 0.326 e. The zero-order chi connectivity index (χ0) is 13.5. The fourth-order valence-corrected chi connectivity index (χ4v) is 3.40. The normalized spacial score (nSPS) is 26.4. The average molecular weight is 276 g/mol. The first kappa shape index (κ1) is 13.3. The summed E-state index contributed by atoms with van der Waals surface area (Å²) in [5, 5.41) is 14.1. The number of nitrogens with two attached hydrogens (primary N) is 1. The number of carboxylic acid groups (broad SMARTS) is 1. The topological polar surface area (TPSA) is 118 Å². The summed E-state index contributed by atoms with van der Waals surface area (Å²) in [6.45, 7) is 0.169. The van der Waals surface area contributed by atoms with E-state index in [1.807, 2.05) is 0 Å². The molecule has 1 aliphatic carbocycles. The number of nitrogens with zero attached hydrogens (tertiary/aromatic N) is 1. The molecule has 2 aliphatic rings. The number of carbonyl (C=O) groups excluding carboxylic acids is 1. The average Bonchev–Trinajstić information content (AvgIpc) is 2.91. The van der Waals surface area contributed by atoms with E-state index in [0.717, 1.165) is 12.8 Å². The largest absolute Gasteiger partial charge is 0.480 e. The lowest BCUT2D eigenvalue weighted by molar-refractivity contribution is -0.149. The van der Waals surface area contributed by atoms with Crippen LogP contribution in [0.4, 0.5) is 0 Å². The van der Waals surface area contributed by atoms with E-state index in [9.17, 15) is 18.0 Å². The Labute approximate surface area is 105 Å². The summed E-state index contributed by atoms with van der Waals surface area (Å²) in [4.78, 5) is 24.2. The van der Waals surface area contributed by atoms with E-state index >= 15 is 0 Å². The second-order valence-corrected chi connectivity index (χ2v) is 6.73. The van der Waals surface area contributed by atoms with Crippen LogP contribution in [-0.2, 0) is 19.6 Å². The van der Waals surface area contributed by atoms with Crippen LogP contribution in [0.3, 0.4) is 0 Å². The Morgan fingerprint density at radius 1 is 1.50 bits per heavy atom. The molecular formula is C10H16N2O5S. The molecule has 8 heteroatoms. The molecule has 0 aromatic rings. The molecule has 0 spiro atoms. The molecule has 2 atom stereocenters. The quantitative estimate of drug-likeness (QED) is 0.667. The van der Waals surface area contributed by atoms with Gasteiger partial charge >= 0.3 is 5.97 Å². The van der Waals surface area contributed by atoms with Crippen LogP contribution in [0.2, 0.25) is 0 Å². The third kappa shape index (κ3) is 2.99. The third-order valence-corrected chi connectivity index (χ3v) is 4.30. The molecule has 0 bridgehead atoms. The lowest BCUT2D eigenvalue weighted by atomic mass is 10.1. The molecule has 0 aromatic carbocycles. The maximum absolute atomic E-state index is 11.8. The van der Waals surface area contributed by atoms with Crippen molar-refractivity contribution >= 4 is 21.9 Å². The Bertz CT molecular complexity index is 471. The Morgan fingerprint density at radius 2 is 2.11 bits per heavy atom. The van der Waals surface area contributed by atoms with Crippen molar-refractivity contribution in [1.82, 2.24) is 4.90 Å². The monoisotopic (exact) mass is 276 g/mol. The zero-order valence-corrected chi connectivity index (χ0v) is 10.6. The van der Waals surface area contributed by atoms with Gasteiger partial charge < -0.3 is 10.0 Å². The number of carbonyl (C=O) groups is 2. The first-order valence-corrected chi connectivity index (χ1v) is 7.52. The van der Waals surface area contributed by atoms with Crippen LogP contribution in [0.25, 0.3) is 0 Å². The van der Waals surface area contributed by atoms with Crippen LogP contribution in [-0.4, -0.2) is 48.6 Å². The Hall–Kier alpha value is -1.15. The second-order valence-electron chi connectivity index (χ2n) is 5.07. The molecule has 102 valence electrons. The zero-order valence-electron chi connectivity index (χ0n) is 9.78. The molecular weight excluding hydrogens is 260 g/mol. The maximum Gasteiger partial charge on any atom is 0.326 e. The SMILES string of the molecule is NS(=O)(=O)CC1CC(=O)N([C@H](C(=O)O)C2CC2)C1. The van der Waals surface area contributed by atoms with E-state index in [1.165, 1.54) is 4.90 Å². The number of sulfonamides is 1. The fraction of sp³-hybridized carbons (Fsp3) is 0.800. The second kappa shape index (κ2) is 4.51. The van der Waals surface area contributed by atoms with Crippen molar-refractivity contribution in [3.05, 3.63) is 0 Å². The molecule has 2 fully saturated rings. The van der Waals surface area contributed by atoms with Gasteiger partial charge in [-0.3, -0.25) is 4.79 Å². The summed E-state index contributed by atoms with van der Waals surface area (Å²) in [7, 11) is -3.63. The first-order valence-electron chi connectivity index (χ1n) is 5.80. The molecule has 1 unspecified atom stereocenters. The molecule has 1 saturated carbocycles. The summed E-state index contributed by atoms with van der Waals surface area (Å²) in [6.07, 6.45) is 1.67. The van der Waals surface area contributed by atoms with Gasteiger partial charge in [0, 0.05) is 18.9 Å². The number of carboxylic acids is 1. The number of likely N-dealkylation sites (tertiary alicyclic amines) is 1. The van der Waals surface area contributed by atoms with Gasteiger partial charge in [0.25, 0.3) is 0 Å². The standard InChI is InChI=1S/C10H16N2O5S/c11-18(16,17)5-6-3-8(13)12(4-6)9(10(14)15)7-1-2-7/h6-7,9H,1-5H2,(H,14,15)(H2,11,16,17)/t6?,9-/m0/s1. The van der Waals surface area contributed by atoms with E-state index in [4.69, 9.17) is 10.2 Å². The summed E-state index contributed by atoms with van der Waals surface area (Å²) in [6, 6.07) is -0.803. The van der Waals surface area contributed by atoms with Crippen LogP contribution < -0.4 is 5.14 Å². The van der Waals surface area contributed by atoms with Gasteiger partial charge in [-0.1, -0.05) is 0 Å². The first-order chi connectivity index (χ1) is 8.28. The minimum atomic E-state index is -3.63. The maximum atomic E-state index is 11.8. The number of hydrogen-bond acceptors (Lipinski definition) is 4. The molecule has 1 aliphatic heterocycles. The highest BCUT2D eigenvalue weighted by Gasteiger charge is 2.46. The third-order valence-electron chi connectivity index (χ3n) is 3.36. The lowest BCUT2D eigenvalue weighted by Crippen LogP contribution is -2.44. The van der Waals surface area contributed by atoms with Crippen LogP contribution in [0.5, 0.6) is 0 Å². The molecule has 2 rings (SSSR count). The molecule has 7 nitrogen and oxygen atoms in total. The predicted molar refractivity (Wildman–Crippen MR) is 61.9 cm³/mol. The molecule has 3 N–H and O–H groups in total. The van der Waals surface area contributed by atoms with Gasteiger partial charge in [-0.25, -0.2) is 18.4 Å². The Morgan fingerprint density at radius 3 is 2.56 bits per heavy atom. The van der Waals surface area contributed by atoms with E-state index in [0.29, 0.717) is 0 Å². The van der Waals surface area contributed by atoms with Crippen molar-refractivity contribution in [1.29, 1.82) is 0 Å². The van der Waals surface area contributed by atoms with Crippen molar-refractivity contribution < 1.29 is 23.1 Å². The van der Waals surface area contributed by atoms with E-state index in [1.54, 1.807) is 0 Å². The molecule has 1 saturated heterocycles. The van der Waals surface area contributed by atoms with Gasteiger partial charge in [-0.15, -0.1) is 0 Å². The summed E-state index contributed by atoms with van der Waals surface area (Å²) in [5.41, 5.74) is 0. The Kier molecular flexibility index (Phi) is 3.33. The van der Waals surface area contributed by atoms with Crippen molar-refractivity contribution in [2.45, 2.75) is 25.3 Å². The number of primary sulfonamides is 1. The van der Waals surface area contributed by atoms with Crippen molar-refractivity contribution in [2.75, 3.05) is 12.3 Å². The number of aliphatic carboxylic acids is 1. The van der Waals surface area contributed by atoms with Crippen LogP contribution in [0.15, 0.2) is 0 Å². The van der Waals surface area contributed by atoms with E-state index < -0.39 is 28.0 Å². The molecule has 0 radical (unpaired) electrons. The summed E-state index contributed by atoms with van der Waals surface area (Å²) in [5.74, 6) is -1.95. The van der Waals surface area contributed by atoms with E-state index in [2.05, 4.69) is 0 Å². The lowest BCUT2D eigenvalue weighted by Gasteiger charge is -2.24. The Balaban J connectivity index is 2.06. The van der Waals surface area contributed by atoms with Crippen LogP contribution in [0, 0.1) is 11.8 Å².